The van der Waals surface area contributed by atoms with E-state index in [4.69, 9.17) is 32.8 Å². The lowest BCUT2D eigenvalue weighted by molar-refractivity contribution is -0.170. The molecule has 0 aromatic carbocycles. The summed E-state index contributed by atoms with van der Waals surface area (Å²) < 4.78 is 41.9. The minimum absolute atomic E-state index is 0.0207. The summed E-state index contributed by atoms with van der Waals surface area (Å²) in [6.45, 7) is 29.9. The van der Waals surface area contributed by atoms with Gasteiger partial charge >= 0.3 is 47.8 Å². The van der Waals surface area contributed by atoms with E-state index in [2.05, 4.69) is 26.2 Å². The molecule has 6 fully saturated rings. The minimum Gasteiger partial charge on any atom is -0.481 e. The van der Waals surface area contributed by atoms with Gasteiger partial charge in [0.1, 0.15) is 12.2 Å². The Labute approximate surface area is 488 Å². The number of fused-ring (bicyclic) bond motifs is 4. The van der Waals surface area contributed by atoms with Crippen molar-refractivity contribution in [2.75, 3.05) is 39.6 Å². The maximum Gasteiger partial charge on any atom is 0.317 e. The number of carboxylic acid groups (broad SMARTS) is 1. The number of rotatable bonds is 26. The number of hydrogen-bond donors (Lipinski definition) is 2. The highest BCUT2D eigenvalue weighted by atomic mass is 28.4. The van der Waals surface area contributed by atoms with E-state index in [0.717, 1.165) is 0 Å². The van der Waals surface area contributed by atoms with Gasteiger partial charge in [0, 0.05) is 37.2 Å². The quantitative estimate of drug-likeness (QED) is 0.0273. The molecule has 4 aliphatic carbocycles. The van der Waals surface area contributed by atoms with Crippen molar-refractivity contribution in [2.24, 2.45) is 106 Å². The number of carbonyl (C=O) groups is 8. The third kappa shape index (κ3) is 15.8. The number of aliphatic hydroxyl groups excluding tert-OH is 1. The lowest BCUT2D eigenvalue weighted by Gasteiger charge is -2.47. The zero-order valence-corrected chi connectivity index (χ0v) is 56.2. The van der Waals surface area contributed by atoms with Crippen molar-refractivity contribution in [3.8, 4) is 0 Å². The average Bonchev–Trinajstić information content (AvgIpc) is 4.39. The Kier molecular flexibility index (Phi) is 22.6. The van der Waals surface area contributed by atoms with Crippen molar-refractivity contribution in [1.82, 2.24) is 0 Å². The molecule has 0 radical (unpaired) electrons. The molecular formula is C60H102O17Si4. The number of aliphatic carboxylic acids is 1. The SMILES string of the molecule is CCC(C)C(=O)OCC(C)(C)COC(=O)C(C)CC(CC1C(=O)OC(=O)C1C1C2CC(CC2C(=O)OC(C)(C)C)C1C1C(C)C2CC1C(C(=O)OCC(CC)(CC)CO)C2C(=O)O)C(=O)OCCO[Si]1(C)C[SiH](C)C[SiH](C)C[SiH](C)C1. The normalized spacial score (nSPS) is 35.1. The Morgan fingerprint density at radius 1 is 0.704 bits per heavy atom. The Morgan fingerprint density at radius 2 is 1.31 bits per heavy atom. The number of esters is 7. The molecule has 460 valence electrons. The molecule has 2 heterocycles. The van der Waals surface area contributed by atoms with E-state index in [1.807, 2.05) is 41.5 Å². The third-order valence-corrected chi connectivity index (χ3v) is 46.8. The van der Waals surface area contributed by atoms with Crippen LogP contribution in [0, 0.1) is 106 Å². The molecule has 0 aromatic rings. The van der Waals surface area contributed by atoms with Crippen molar-refractivity contribution in [2.45, 2.75) is 182 Å². The Balaban J connectivity index is 1.31. The molecule has 81 heavy (non-hydrogen) atoms. The monoisotopic (exact) mass is 1210 g/mol. The highest BCUT2D eigenvalue weighted by Gasteiger charge is 2.70. The zero-order chi connectivity index (χ0) is 60.3. The highest BCUT2D eigenvalue weighted by molar-refractivity contribution is 6.98. The standard InChI is InChI=1S/C60H102O17Si4/c1-16-34(4)51(64)72-27-59(10,11)28-73-52(65)35(5)21-38(53(66)71-19-20-75-81(15)32-79(13)30-78(12)31-80(14)33-81)24-43-49(57(70)76-54(43)67)46-40-22-37(23-41(40)55(68)77-58(7,8)9)45(46)44-36(6)39-25-42(44)48(47(39)50(62)63)56(69)74-29-60(17-2,18-3)26-61/h34-49,61,78-80H,16-33H2,1-15H3,(H,62,63). The number of carbonyl (C=O) groups excluding carboxylic acids is 7. The van der Waals surface area contributed by atoms with Crippen LogP contribution in [0.25, 0.3) is 0 Å². The van der Waals surface area contributed by atoms with Gasteiger partial charge in [-0.2, -0.15) is 0 Å². The van der Waals surface area contributed by atoms with Crippen LogP contribution >= 0.6 is 0 Å². The van der Waals surface area contributed by atoms with Crippen LogP contribution in [0.5, 0.6) is 0 Å². The van der Waals surface area contributed by atoms with E-state index in [1.54, 1.807) is 34.6 Å². The van der Waals surface area contributed by atoms with Gasteiger partial charge in [0.15, 0.2) is 8.32 Å². The van der Waals surface area contributed by atoms with E-state index in [0.29, 0.717) is 38.5 Å². The van der Waals surface area contributed by atoms with Gasteiger partial charge in [0.25, 0.3) is 0 Å². The van der Waals surface area contributed by atoms with Crippen LogP contribution in [0.2, 0.25) is 48.9 Å². The zero-order valence-electron chi connectivity index (χ0n) is 51.7. The number of aliphatic hydroxyl groups is 1. The lowest BCUT2D eigenvalue weighted by atomic mass is 9.55. The maximum atomic E-state index is 14.7. The molecule has 4 bridgehead atoms. The van der Waals surface area contributed by atoms with Crippen LogP contribution in [-0.2, 0) is 71.2 Å². The summed E-state index contributed by atoms with van der Waals surface area (Å²) in [4.78, 5) is 112. The van der Waals surface area contributed by atoms with Gasteiger partial charge < -0.3 is 43.1 Å². The van der Waals surface area contributed by atoms with Crippen LogP contribution in [-0.4, -0.2) is 138 Å². The van der Waals surface area contributed by atoms with E-state index >= 15 is 0 Å². The topological polar surface area (TPSA) is 242 Å². The van der Waals surface area contributed by atoms with Gasteiger partial charge in [0.2, 0.25) is 0 Å². The van der Waals surface area contributed by atoms with Crippen LogP contribution in [0.3, 0.4) is 0 Å². The molecule has 0 aromatic heterocycles. The van der Waals surface area contributed by atoms with Crippen molar-refractivity contribution < 1.29 is 81.4 Å². The van der Waals surface area contributed by atoms with Gasteiger partial charge in [-0.05, 0) is 137 Å². The van der Waals surface area contributed by atoms with Crippen LogP contribution in [0.1, 0.15) is 128 Å². The predicted molar refractivity (Wildman–Crippen MR) is 314 cm³/mol. The van der Waals surface area contributed by atoms with Crippen molar-refractivity contribution >= 4 is 82.5 Å². The maximum absolute atomic E-state index is 14.7. The fraction of sp³-hybridized carbons (Fsp3) is 0.867. The van der Waals surface area contributed by atoms with Gasteiger partial charge in [-0.15, -0.1) is 0 Å². The number of carboxylic acids is 1. The van der Waals surface area contributed by atoms with Crippen LogP contribution < -0.4 is 0 Å². The first-order chi connectivity index (χ1) is 37.8. The first kappa shape index (κ1) is 66.9. The number of cyclic esters (lactones) is 2. The molecule has 21 heteroatoms. The van der Waals surface area contributed by atoms with Crippen molar-refractivity contribution in [3.05, 3.63) is 0 Å². The van der Waals surface area contributed by atoms with Crippen molar-refractivity contribution in [1.29, 1.82) is 0 Å². The molecule has 17 nitrogen and oxygen atoms in total. The number of ether oxygens (including phenoxy) is 6. The minimum atomic E-state index is -2.06. The van der Waals surface area contributed by atoms with E-state index in [-0.39, 0.29) is 88.0 Å². The molecule has 6 rings (SSSR count). The smallest absolute Gasteiger partial charge is 0.317 e. The predicted octanol–water partition coefficient (Wildman–Crippen LogP) is 8.16. The van der Waals surface area contributed by atoms with E-state index in [1.165, 1.54) is 22.7 Å². The lowest BCUT2D eigenvalue weighted by Crippen LogP contribution is -2.50. The second-order valence-corrected chi connectivity index (χ2v) is 45.7. The Morgan fingerprint density at radius 3 is 1.86 bits per heavy atom. The second-order valence-electron chi connectivity index (χ2n) is 28.8. The fourth-order valence-corrected chi connectivity index (χ4v) is 49.8. The summed E-state index contributed by atoms with van der Waals surface area (Å²) in [7, 11) is -4.63. The Hall–Kier alpha value is -3.25. The summed E-state index contributed by atoms with van der Waals surface area (Å²) in [5.41, 5.74) is 3.04. The van der Waals surface area contributed by atoms with Crippen molar-refractivity contribution in [3.63, 3.8) is 0 Å². The van der Waals surface area contributed by atoms with Crippen LogP contribution in [0.4, 0.5) is 0 Å². The first-order valence-electron chi connectivity index (χ1n) is 31.0. The molecule has 4 saturated carbocycles. The summed E-state index contributed by atoms with van der Waals surface area (Å²) in [6, 6.07) is 0. The van der Waals surface area contributed by atoms with Gasteiger partial charge in [-0.3, -0.25) is 38.4 Å². The third-order valence-electron chi connectivity index (χ3n) is 20.5. The molecular weight excluding hydrogens is 1100 g/mol. The molecule has 0 amide bonds. The summed E-state index contributed by atoms with van der Waals surface area (Å²) in [5.74, 6) is -15.4. The largest absolute Gasteiger partial charge is 0.481 e. The van der Waals surface area contributed by atoms with Crippen LogP contribution in [0.15, 0.2) is 0 Å². The molecule has 18 atom stereocenters. The number of hydrogen-bond acceptors (Lipinski definition) is 16. The first-order valence-corrected chi connectivity index (χ1v) is 42.1. The van der Waals surface area contributed by atoms with E-state index < -0.39 is 158 Å². The molecule has 2 saturated heterocycles. The highest BCUT2D eigenvalue weighted by Crippen LogP contribution is 2.70. The molecule has 18 unspecified atom stereocenters. The molecule has 0 spiro atoms. The molecule has 2 aliphatic heterocycles. The van der Waals surface area contributed by atoms with Gasteiger partial charge in [0.05, 0.1) is 80.4 Å². The van der Waals surface area contributed by atoms with Gasteiger partial charge in [-0.1, -0.05) is 86.4 Å². The summed E-state index contributed by atoms with van der Waals surface area (Å²) >= 11 is 0. The fourth-order valence-electron chi connectivity index (χ4n) is 16.5. The molecule has 2 N–H and O–H groups in total. The second kappa shape index (κ2) is 27.4. The van der Waals surface area contributed by atoms with E-state index in [9.17, 15) is 48.6 Å². The summed E-state index contributed by atoms with van der Waals surface area (Å²) in [6.07, 6.45) is 2.84. The Bertz CT molecular complexity index is 2240. The van der Waals surface area contributed by atoms with Gasteiger partial charge in [-0.25, -0.2) is 0 Å². The average molecular weight is 1210 g/mol. The summed E-state index contributed by atoms with van der Waals surface area (Å²) in [5, 5.41) is 21.1. The molecule has 6 aliphatic rings.